The number of halogens is 1. The fourth-order valence-corrected chi connectivity index (χ4v) is 1.98. The van der Waals surface area contributed by atoms with Gasteiger partial charge in [-0.05, 0) is 25.7 Å². The van der Waals surface area contributed by atoms with E-state index in [9.17, 15) is 4.79 Å². The Morgan fingerprint density at radius 3 is 2.32 bits per heavy atom. The number of aliphatic imine (C=N–C) groups is 1. The van der Waals surface area contributed by atoms with Crippen molar-refractivity contribution in [3.63, 3.8) is 0 Å². The number of carbonyl (C=O) groups excluding carboxylic acids is 1. The summed E-state index contributed by atoms with van der Waals surface area (Å²) in [6, 6.07) is 0.392. The first-order valence-corrected chi connectivity index (χ1v) is 8.23. The Hall–Kier alpha value is -0.530. The summed E-state index contributed by atoms with van der Waals surface area (Å²) in [5, 5.41) is 9.41. The predicted molar refractivity (Wildman–Crippen MR) is 106 cm³/mol. The molecular weight excluding hydrogens is 391 g/mol. The van der Waals surface area contributed by atoms with Crippen LogP contribution < -0.4 is 16.0 Å². The van der Waals surface area contributed by atoms with E-state index >= 15 is 0 Å². The van der Waals surface area contributed by atoms with E-state index < -0.39 is 0 Å². The lowest BCUT2D eigenvalue weighted by atomic mass is 10.0. The average Bonchev–Trinajstić information content (AvgIpc) is 2.43. The van der Waals surface area contributed by atoms with E-state index in [1.165, 1.54) is 12.8 Å². The van der Waals surface area contributed by atoms with Gasteiger partial charge >= 0.3 is 0 Å². The van der Waals surface area contributed by atoms with Crippen LogP contribution >= 0.6 is 24.0 Å². The van der Waals surface area contributed by atoms with E-state index in [1.807, 2.05) is 6.92 Å². The van der Waals surface area contributed by atoms with Gasteiger partial charge in [0.25, 0.3) is 0 Å². The van der Waals surface area contributed by atoms with E-state index in [2.05, 4.69) is 41.7 Å². The Bertz CT molecular complexity index is 309. The highest BCUT2D eigenvalue weighted by Crippen LogP contribution is 2.07. The number of nitrogens with zero attached hydrogens (tertiary/aromatic N) is 1. The second kappa shape index (κ2) is 15.4. The fraction of sp³-hybridized carbons (Fsp3) is 0.875. The molecule has 5 nitrogen and oxygen atoms in total. The van der Waals surface area contributed by atoms with Gasteiger partial charge in [0.05, 0.1) is 0 Å². The minimum absolute atomic E-state index is 0. The van der Waals surface area contributed by atoms with Crippen LogP contribution in [0.5, 0.6) is 0 Å². The molecule has 0 aromatic rings. The van der Waals surface area contributed by atoms with Crippen molar-refractivity contribution in [2.45, 2.75) is 65.8 Å². The van der Waals surface area contributed by atoms with Gasteiger partial charge in [0.1, 0.15) is 0 Å². The molecule has 132 valence electrons. The molecule has 0 radical (unpaired) electrons. The van der Waals surface area contributed by atoms with Crippen LogP contribution in [0, 0.1) is 5.92 Å². The highest BCUT2D eigenvalue weighted by Gasteiger charge is 2.06. The topological polar surface area (TPSA) is 65.5 Å². The molecule has 1 unspecified atom stereocenters. The third-order valence-corrected chi connectivity index (χ3v) is 3.24. The van der Waals surface area contributed by atoms with Gasteiger partial charge in [0.2, 0.25) is 5.91 Å². The average molecular weight is 426 g/mol. The summed E-state index contributed by atoms with van der Waals surface area (Å²) in [4.78, 5) is 15.7. The molecule has 22 heavy (non-hydrogen) atoms. The SMILES string of the molecule is CCCNC(=O)CCNC(=NC)NC(C)CCCC(C)C.I. The van der Waals surface area contributed by atoms with Gasteiger partial charge in [-0.1, -0.05) is 33.6 Å². The molecule has 0 saturated carbocycles. The highest BCUT2D eigenvalue weighted by atomic mass is 127. The summed E-state index contributed by atoms with van der Waals surface area (Å²) in [6.45, 7) is 10.1. The van der Waals surface area contributed by atoms with Crippen molar-refractivity contribution in [2.24, 2.45) is 10.9 Å². The van der Waals surface area contributed by atoms with Crippen LogP contribution in [0.15, 0.2) is 4.99 Å². The lowest BCUT2D eigenvalue weighted by Gasteiger charge is -2.18. The van der Waals surface area contributed by atoms with Crippen LogP contribution in [0.25, 0.3) is 0 Å². The van der Waals surface area contributed by atoms with Crippen LogP contribution in [-0.2, 0) is 4.79 Å². The molecule has 0 fully saturated rings. The molecular formula is C16H35IN4O. The lowest BCUT2D eigenvalue weighted by Crippen LogP contribution is -2.43. The third kappa shape index (κ3) is 14.4. The Morgan fingerprint density at radius 1 is 1.09 bits per heavy atom. The summed E-state index contributed by atoms with van der Waals surface area (Å²) in [7, 11) is 1.76. The molecule has 0 spiro atoms. The second-order valence-electron chi connectivity index (χ2n) is 5.97. The van der Waals surface area contributed by atoms with Crippen LogP contribution in [0.4, 0.5) is 0 Å². The van der Waals surface area contributed by atoms with Gasteiger partial charge in [-0.15, -0.1) is 24.0 Å². The van der Waals surface area contributed by atoms with E-state index in [0.29, 0.717) is 19.0 Å². The molecule has 0 rings (SSSR count). The van der Waals surface area contributed by atoms with Gasteiger partial charge < -0.3 is 16.0 Å². The van der Waals surface area contributed by atoms with Crippen molar-refractivity contribution in [2.75, 3.05) is 20.1 Å². The van der Waals surface area contributed by atoms with Gasteiger partial charge in [0.15, 0.2) is 5.96 Å². The zero-order valence-electron chi connectivity index (χ0n) is 14.9. The fourth-order valence-electron chi connectivity index (χ4n) is 1.98. The maximum Gasteiger partial charge on any atom is 0.221 e. The van der Waals surface area contributed by atoms with Crippen LogP contribution in [0.2, 0.25) is 0 Å². The maximum atomic E-state index is 11.5. The molecule has 0 aromatic heterocycles. The Balaban J connectivity index is 0. The van der Waals surface area contributed by atoms with E-state index in [4.69, 9.17) is 0 Å². The first-order chi connectivity index (χ1) is 9.99. The predicted octanol–water partition coefficient (Wildman–Crippen LogP) is 2.90. The standard InChI is InChI=1S/C16H34N4O.HI/c1-6-11-18-15(21)10-12-19-16(17-5)20-14(4)9-7-8-13(2)3;/h13-14H,6-12H2,1-5H3,(H,18,21)(H2,17,19,20);1H. The number of amides is 1. The van der Waals surface area contributed by atoms with Crippen molar-refractivity contribution in [1.29, 1.82) is 0 Å². The minimum atomic E-state index is 0. The number of carbonyl (C=O) groups is 1. The van der Waals surface area contributed by atoms with E-state index in [1.54, 1.807) is 7.05 Å². The number of rotatable bonds is 10. The molecule has 1 amide bonds. The number of guanidine groups is 1. The largest absolute Gasteiger partial charge is 0.356 e. The van der Waals surface area contributed by atoms with Gasteiger partial charge in [0, 0.05) is 32.6 Å². The smallest absolute Gasteiger partial charge is 0.221 e. The molecule has 3 N–H and O–H groups in total. The summed E-state index contributed by atoms with van der Waals surface area (Å²) < 4.78 is 0. The van der Waals surface area contributed by atoms with Gasteiger partial charge in [-0.25, -0.2) is 0 Å². The molecule has 0 bridgehead atoms. The normalized spacial score (nSPS) is 12.5. The van der Waals surface area contributed by atoms with Gasteiger partial charge in [-0.3, -0.25) is 9.79 Å². The van der Waals surface area contributed by atoms with Crippen molar-refractivity contribution in [1.82, 2.24) is 16.0 Å². The van der Waals surface area contributed by atoms with E-state index in [0.717, 1.165) is 31.3 Å². The molecule has 0 heterocycles. The quantitative estimate of drug-likeness (QED) is 0.286. The maximum absolute atomic E-state index is 11.5. The molecule has 0 aliphatic heterocycles. The molecule has 0 aliphatic carbocycles. The Morgan fingerprint density at radius 2 is 1.77 bits per heavy atom. The van der Waals surface area contributed by atoms with Crippen molar-refractivity contribution in [3.8, 4) is 0 Å². The number of nitrogens with one attached hydrogen (secondary N) is 3. The molecule has 0 saturated heterocycles. The summed E-state index contributed by atoms with van der Waals surface area (Å²) in [5.74, 6) is 1.62. The third-order valence-electron chi connectivity index (χ3n) is 3.24. The second-order valence-corrected chi connectivity index (χ2v) is 5.97. The molecule has 0 aromatic carbocycles. The Kier molecular flexibility index (Phi) is 16.6. The Labute approximate surface area is 153 Å². The minimum Gasteiger partial charge on any atom is -0.356 e. The first-order valence-electron chi connectivity index (χ1n) is 8.23. The zero-order chi connectivity index (χ0) is 16.1. The summed E-state index contributed by atoms with van der Waals surface area (Å²) in [5.41, 5.74) is 0. The van der Waals surface area contributed by atoms with Crippen LogP contribution in [-0.4, -0.2) is 38.0 Å². The molecule has 6 heteroatoms. The first kappa shape index (κ1) is 23.7. The molecule has 1 atom stereocenters. The molecule has 0 aliphatic rings. The van der Waals surface area contributed by atoms with Crippen LogP contribution in [0.3, 0.4) is 0 Å². The zero-order valence-corrected chi connectivity index (χ0v) is 17.2. The number of hydrogen-bond donors (Lipinski definition) is 3. The summed E-state index contributed by atoms with van der Waals surface area (Å²) >= 11 is 0. The van der Waals surface area contributed by atoms with Crippen LogP contribution in [0.1, 0.15) is 59.8 Å². The highest BCUT2D eigenvalue weighted by molar-refractivity contribution is 14.0. The monoisotopic (exact) mass is 426 g/mol. The van der Waals surface area contributed by atoms with Gasteiger partial charge in [-0.2, -0.15) is 0 Å². The lowest BCUT2D eigenvalue weighted by molar-refractivity contribution is -0.120. The number of hydrogen-bond acceptors (Lipinski definition) is 2. The summed E-state index contributed by atoms with van der Waals surface area (Å²) in [6.07, 6.45) is 5.06. The van der Waals surface area contributed by atoms with E-state index in [-0.39, 0.29) is 29.9 Å². The van der Waals surface area contributed by atoms with Crippen molar-refractivity contribution < 1.29 is 4.79 Å². The van der Waals surface area contributed by atoms with Crippen molar-refractivity contribution >= 4 is 35.8 Å². The van der Waals surface area contributed by atoms with Crippen molar-refractivity contribution in [3.05, 3.63) is 0 Å².